The van der Waals surface area contributed by atoms with Gasteiger partial charge in [-0.25, -0.2) is 5.84 Å². The zero-order chi connectivity index (χ0) is 18.3. The minimum absolute atomic E-state index is 0.0774. The van der Waals surface area contributed by atoms with Gasteiger partial charge in [-0.3, -0.25) is 19.8 Å². The van der Waals surface area contributed by atoms with Crippen LogP contribution in [0.4, 0.5) is 0 Å². The first-order chi connectivity index (χ1) is 11.3. The van der Waals surface area contributed by atoms with Crippen LogP contribution in [0, 0.1) is 5.92 Å². The van der Waals surface area contributed by atoms with E-state index in [2.05, 4.69) is 10.6 Å². The lowest BCUT2D eigenvalue weighted by atomic mass is 10.0. The minimum atomic E-state index is -0.962. The number of hydrogen-bond acceptors (Lipinski definition) is 5. The van der Waals surface area contributed by atoms with E-state index in [1.54, 1.807) is 30.3 Å². The summed E-state index contributed by atoms with van der Waals surface area (Å²) in [6.45, 7) is 5.12. The quantitative estimate of drug-likeness (QED) is 0.255. The first-order valence-corrected chi connectivity index (χ1v) is 7.69. The van der Waals surface area contributed by atoms with Gasteiger partial charge in [-0.2, -0.15) is 0 Å². The van der Waals surface area contributed by atoms with Crippen LogP contribution in [0.25, 0.3) is 0 Å². The third kappa shape index (κ3) is 5.32. The highest BCUT2D eigenvalue weighted by Crippen LogP contribution is 2.14. The van der Waals surface area contributed by atoms with Gasteiger partial charge in [0, 0.05) is 0 Å². The third-order valence-corrected chi connectivity index (χ3v) is 3.60. The molecule has 1 aromatic rings. The maximum Gasteiger partial charge on any atom is 0.256 e. The van der Waals surface area contributed by atoms with Crippen molar-refractivity contribution in [3.05, 3.63) is 35.9 Å². The van der Waals surface area contributed by atoms with Gasteiger partial charge in [0.15, 0.2) is 0 Å². The number of carbonyl (C=O) groups excluding carboxylic acids is 3. The predicted molar refractivity (Wildman–Crippen MR) is 90.1 cm³/mol. The summed E-state index contributed by atoms with van der Waals surface area (Å²) in [6, 6.07) is 6.16. The Hall–Kier alpha value is -2.45. The second-order valence-corrected chi connectivity index (χ2v) is 5.86. The van der Waals surface area contributed by atoms with Gasteiger partial charge in [-0.1, -0.05) is 44.2 Å². The van der Waals surface area contributed by atoms with Crippen LogP contribution in [0.2, 0.25) is 0 Å². The molecule has 0 saturated carbocycles. The number of hydrazine groups is 1. The Morgan fingerprint density at radius 3 is 2.00 bits per heavy atom. The van der Waals surface area contributed by atoms with Crippen LogP contribution in [0.5, 0.6) is 0 Å². The van der Waals surface area contributed by atoms with Crippen LogP contribution in [-0.4, -0.2) is 29.8 Å². The zero-order valence-electron chi connectivity index (χ0n) is 14.1. The van der Waals surface area contributed by atoms with Crippen LogP contribution in [0.15, 0.2) is 30.3 Å². The summed E-state index contributed by atoms with van der Waals surface area (Å²) in [4.78, 5) is 36.2. The number of carbonyl (C=O) groups is 3. The molecule has 1 rings (SSSR count). The summed E-state index contributed by atoms with van der Waals surface area (Å²) >= 11 is 0. The number of benzene rings is 1. The molecule has 0 fully saturated rings. The van der Waals surface area contributed by atoms with Crippen molar-refractivity contribution in [3.8, 4) is 0 Å². The smallest absolute Gasteiger partial charge is 0.256 e. The topological polar surface area (TPSA) is 139 Å². The maximum absolute atomic E-state index is 12.5. The van der Waals surface area contributed by atoms with Crippen molar-refractivity contribution in [2.75, 3.05) is 0 Å². The van der Waals surface area contributed by atoms with E-state index in [4.69, 9.17) is 11.6 Å². The standard InChI is InChI=1S/C16H25N5O3/c1-9(2)12(17)15(23)20-13(11-7-5-4-6-8-11)16(24)19-10(3)14(22)21-18/h4-10,12-13H,17-18H2,1-3H3,(H,19,24)(H,20,23)(H,21,22). The van der Waals surface area contributed by atoms with Gasteiger partial charge in [-0.05, 0) is 18.4 Å². The van der Waals surface area contributed by atoms with Crippen molar-refractivity contribution in [2.45, 2.75) is 38.9 Å². The molecule has 0 spiro atoms. The SMILES string of the molecule is CC(NC(=O)C(NC(=O)C(N)C(C)C)c1ccccc1)C(=O)NN. The fourth-order valence-corrected chi connectivity index (χ4v) is 1.97. The molecule has 0 radical (unpaired) electrons. The summed E-state index contributed by atoms with van der Waals surface area (Å²) in [7, 11) is 0. The van der Waals surface area contributed by atoms with Crippen LogP contribution in [0.3, 0.4) is 0 Å². The summed E-state index contributed by atoms with van der Waals surface area (Å²) in [5, 5.41) is 5.15. The molecular weight excluding hydrogens is 310 g/mol. The Morgan fingerprint density at radius 2 is 1.50 bits per heavy atom. The molecule has 0 saturated heterocycles. The van der Waals surface area contributed by atoms with Crippen molar-refractivity contribution in [2.24, 2.45) is 17.5 Å². The lowest BCUT2D eigenvalue weighted by Crippen LogP contribution is -2.52. The number of nitrogens with one attached hydrogen (secondary N) is 3. The second-order valence-electron chi connectivity index (χ2n) is 5.86. The van der Waals surface area contributed by atoms with Crippen LogP contribution >= 0.6 is 0 Å². The van der Waals surface area contributed by atoms with Gasteiger partial charge in [0.1, 0.15) is 12.1 Å². The van der Waals surface area contributed by atoms with Gasteiger partial charge in [0.25, 0.3) is 5.91 Å². The average Bonchev–Trinajstić information content (AvgIpc) is 2.58. The van der Waals surface area contributed by atoms with E-state index in [1.165, 1.54) is 6.92 Å². The molecule has 0 heterocycles. The molecule has 0 aliphatic carbocycles. The molecule has 0 bridgehead atoms. The molecule has 132 valence electrons. The van der Waals surface area contributed by atoms with E-state index in [0.29, 0.717) is 5.56 Å². The van der Waals surface area contributed by atoms with E-state index in [0.717, 1.165) is 0 Å². The summed E-state index contributed by atoms with van der Waals surface area (Å²) in [5.41, 5.74) is 8.38. The molecule has 8 nitrogen and oxygen atoms in total. The van der Waals surface area contributed by atoms with E-state index in [9.17, 15) is 14.4 Å². The first-order valence-electron chi connectivity index (χ1n) is 7.69. The molecule has 0 aliphatic rings. The Labute approximate surface area is 141 Å². The highest BCUT2D eigenvalue weighted by atomic mass is 16.2. The zero-order valence-corrected chi connectivity index (χ0v) is 14.1. The Bertz CT molecular complexity index is 576. The van der Waals surface area contributed by atoms with E-state index in [-0.39, 0.29) is 5.92 Å². The predicted octanol–water partition coefficient (Wildman–Crippen LogP) is -0.678. The van der Waals surface area contributed by atoms with E-state index < -0.39 is 35.8 Å². The number of amides is 3. The fourth-order valence-electron chi connectivity index (χ4n) is 1.97. The molecule has 3 atom stereocenters. The van der Waals surface area contributed by atoms with Crippen molar-refractivity contribution in [1.82, 2.24) is 16.1 Å². The maximum atomic E-state index is 12.5. The number of nitrogens with two attached hydrogens (primary N) is 2. The monoisotopic (exact) mass is 335 g/mol. The Kier molecular flexibility index (Phi) is 7.34. The largest absolute Gasteiger partial charge is 0.342 e. The van der Waals surface area contributed by atoms with E-state index >= 15 is 0 Å². The highest BCUT2D eigenvalue weighted by Gasteiger charge is 2.28. The minimum Gasteiger partial charge on any atom is -0.342 e. The molecular formula is C16H25N5O3. The normalized spacial score (nSPS) is 14.4. The van der Waals surface area contributed by atoms with Crippen molar-refractivity contribution < 1.29 is 14.4 Å². The van der Waals surface area contributed by atoms with Gasteiger partial charge >= 0.3 is 0 Å². The summed E-state index contributed by atoms with van der Waals surface area (Å²) < 4.78 is 0. The fraction of sp³-hybridized carbons (Fsp3) is 0.438. The highest BCUT2D eigenvalue weighted by molar-refractivity contribution is 5.93. The molecule has 24 heavy (non-hydrogen) atoms. The molecule has 1 aromatic carbocycles. The van der Waals surface area contributed by atoms with Crippen LogP contribution < -0.4 is 27.6 Å². The second kappa shape index (κ2) is 8.99. The van der Waals surface area contributed by atoms with Crippen LogP contribution in [0.1, 0.15) is 32.4 Å². The summed E-state index contributed by atoms with van der Waals surface area (Å²) in [6.07, 6.45) is 0. The van der Waals surface area contributed by atoms with Crippen LogP contribution in [-0.2, 0) is 14.4 Å². The summed E-state index contributed by atoms with van der Waals surface area (Å²) in [5.74, 6) is 3.47. The van der Waals surface area contributed by atoms with E-state index in [1.807, 2.05) is 19.3 Å². The molecule has 3 amide bonds. The average molecular weight is 335 g/mol. The Morgan fingerprint density at radius 1 is 0.917 bits per heavy atom. The number of hydrogen-bond donors (Lipinski definition) is 5. The number of rotatable bonds is 7. The van der Waals surface area contributed by atoms with Gasteiger partial charge in [-0.15, -0.1) is 0 Å². The lowest BCUT2D eigenvalue weighted by Gasteiger charge is -2.23. The van der Waals surface area contributed by atoms with Gasteiger partial charge < -0.3 is 16.4 Å². The molecule has 7 N–H and O–H groups in total. The molecule has 8 heteroatoms. The first kappa shape index (κ1) is 19.6. The molecule has 3 unspecified atom stereocenters. The van der Waals surface area contributed by atoms with Gasteiger partial charge in [0.2, 0.25) is 11.8 Å². The lowest BCUT2D eigenvalue weighted by molar-refractivity contribution is -0.132. The molecule has 0 aliphatic heterocycles. The third-order valence-electron chi connectivity index (χ3n) is 3.60. The Balaban J connectivity index is 2.96. The van der Waals surface area contributed by atoms with Crippen molar-refractivity contribution >= 4 is 17.7 Å². The van der Waals surface area contributed by atoms with Crippen molar-refractivity contribution in [3.63, 3.8) is 0 Å². The van der Waals surface area contributed by atoms with Crippen molar-refractivity contribution in [1.29, 1.82) is 0 Å². The molecule has 0 aromatic heterocycles. The van der Waals surface area contributed by atoms with Gasteiger partial charge in [0.05, 0.1) is 6.04 Å².